The van der Waals surface area contributed by atoms with Crippen LogP contribution in [-0.4, -0.2) is 31.9 Å². The van der Waals surface area contributed by atoms with Crippen molar-refractivity contribution in [1.29, 1.82) is 0 Å². The molecule has 0 aliphatic carbocycles. The van der Waals surface area contributed by atoms with Gasteiger partial charge in [-0.2, -0.15) is 0 Å². The number of aryl methyl sites for hydroxylation is 1. The topological polar surface area (TPSA) is 43.4 Å². The molecule has 4 nitrogen and oxygen atoms in total. The number of methoxy groups -OCH3 is 2. The van der Waals surface area contributed by atoms with E-state index in [9.17, 15) is 0 Å². The Morgan fingerprint density at radius 1 is 1.26 bits per heavy atom. The van der Waals surface area contributed by atoms with Crippen LogP contribution in [0.3, 0.4) is 0 Å². The van der Waals surface area contributed by atoms with Crippen molar-refractivity contribution < 1.29 is 9.47 Å². The Bertz CT molecular complexity index is 405. The summed E-state index contributed by atoms with van der Waals surface area (Å²) in [5.74, 6) is 1.45. The first-order chi connectivity index (χ1) is 9.01. The lowest BCUT2D eigenvalue weighted by molar-refractivity contribution is 0.146. The van der Waals surface area contributed by atoms with E-state index in [0.29, 0.717) is 18.6 Å². The molecule has 1 unspecified atom stereocenters. The van der Waals surface area contributed by atoms with Gasteiger partial charge in [0.05, 0.1) is 19.4 Å². The molecule has 1 aromatic rings. The minimum atomic E-state index is 0.332. The van der Waals surface area contributed by atoms with Crippen molar-refractivity contribution in [2.75, 3.05) is 20.8 Å². The monoisotopic (exact) mass is 266 g/mol. The van der Waals surface area contributed by atoms with Gasteiger partial charge in [0.2, 0.25) is 0 Å². The third-order valence-corrected chi connectivity index (χ3v) is 3.43. The molecule has 1 atom stereocenters. The van der Waals surface area contributed by atoms with E-state index in [2.05, 4.69) is 31.1 Å². The van der Waals surface area contributed by atoms with Crippen molar-refractivity contribution in [3.05, 3.63) is 23.0 Å². The summed E-state index contributed by atoms with van der Waals surface area (Å²) >= 11 is 0. The summed E-state index contributed by atoms with van der Waals surface area (Å²) < 4.78 is 10.7. The zero-order valence-corrected chi connectivity index (χ0v) is 12.9. The maximum absolute atomic E-state index is 5.43. The quantitative estimate of drug-likeness (QED) is 0.823. The van der Waals surface area contributed by atoms with Crippen LogP contribution < -0.4 is 10.1 Å². The SMILES string of the molecule is COCC(NCc1ncc(C)c(OC)c1C)C(C)C. The molecular formula is C15H26N2O2. The van der Waals surface area contributed by atoms with E-state index in [1.165, 1.54) is 0 Å². The molecule has 108 valence electrons. The molecule has 0 spiro atoms. The van der Waals surface area contributed by atoms with Gasteiger partial charge in [0.15, 0.2) is 0 Å². The molecule has 4 heteroatoms. The number of hydrogen-bond acceptors (Lipinski definition) is 4. The van der Waals surface area contributed by atoms with Crippen molar-refractivity contribution in [3.8, 4) is 5.75 Å². The molecule has 1 rings (SSSR count). The predicted octanol–water partition coefficient (Wildman–Crippen LogP) is 2.47. The minimum absolute atomic E-state index is 0.332. The van der Waals surface area contributed by atoms with Crippen LogP contribution in [0.15, 0.2) is 6.20 Å². The zero-order valence-electron chi connectivity index (χ0n) is 12.9. The van der Waals surface area contributed by atoms with Crippen molar-refractivity contribution in [1.82, 2.24) is 10.3 Å². The van der Waals surface area contributed by atoms with Crippen molar-refractivity contribution >= 4 is 0 Å². The van der Waals surface area contributed by atoms with E-state index < -0.39 is 0 Å². The number of nitrogens with one attached hydrogen (secondary N) is 1. The van der Waals surface area contributed by atoms with Crippen LogP contribution in [0.1, 0.15) is 30.7 Å². The second-order valence-corrected chi connectivity index (χ2v) is 5.23. The molecule has 0 aromatic carbocycles. The number of rotatable bonds is 7. The highest BCUT2D eigenvalue weighted by Gasteiger charge is 2.14. The van der Waals surface area contributed by atoms with Crippen LogP contribution in [0.25, 0.3) is 0 Å². The molecule has 0 saturated carbocycles. The molecule has 0 aliphatic rings. The van der Waals surface area contributed by atoms with E-state index in [1.807, 2.05) is 13.1 Å². The maximum atomic E-state index is 5.43. The number of aromatic nitrogens is 1. The molecule has 1 heterocycles. The number of nitrogens with zero attached hydrogens (tertiary/aromatic N) is 1. The summed E-state index contributed by atoms with van der Waals surface area (Å²) in [7, 11) is 3.43. The summed E-state index contributed by atoms with van der Waals surface area (Å²) in [6, 6.07) is 0.332. The van der Waals surface area contributed by atoms with E-state index in [-0.39, 0.29) is 0 Å². The first-order valence-corrected chi connectivity index (χ1v) is 6.72. The van der Waals surface area contributed by atoms with Crippen LogP contribution >= 0.6 is 0 Å². The summed E-state index contributed by atoms with van der Waals surface area (Å²) in [5, 5.41) is 3.50. The fourth-order valence-electron chi connectivity index (χ4n) is 2.14. The minimum Gasteiger partial charge on any atom is -0.496 e. The third kappa shape index (κ3) is 4.18. The summed E-state index contributed by atoms with van der Waals surface area (Å²) in [5.41, 5.74) is 3.21. The van der Waals surface area contributed by atoms with Gasteiger partial charge >= 0.3 is 0 Å². The standard InChI is InChI=1S/C15H26N2O2/c1-10(2)14(9-18-5)17-8-13-12(4)15(19-6)11(3)7-16-13/h7,10,14,17H,8-9H2,1-6H3. The van der Waals surface area contributed by atoms with Crippen LogP contribution in [0, 0.1) is 19.8 Å². The van der Waals surface area contributed by atoms with Gasteiger partial charge in [-0.05, 0) is 19.8 Å². The van der Waals surface area contributed by atoms with E-state index in [1.54, 1.807) is 14.2 Å². The highest BCUT2D eigenvalue weighted by molar-refractivity contribution is 5.40. The van der Waals surface area contributed by atoms with Gasteiger partial charge in [-0.25, -0.2) is 0 Å². The first-order valence-electron chi connectivity index (χ1n) is 6.72. The summed E-state index contributed by atoms with van der Waals surface area (Å²) in [6.07, 6.45) is 1.86. The lowest BCUT2D eigenvalue weighted by Gasteiger charge is -2.22. The number of hydrogen-bond donors (Lipinski definition) is 1. The van der Waals surface area contributed by atoms with Crippen LogP contribution in [0.2, 0.25) is 0 Å². The molecule has 19 heavy (non-hydrogen) atoms. The Kier molecular flexibility index (Phi) is 6.25. The van der Waals surface area contributed by atoms with Gasteiger partial charge in [-0.1, -0.05) is 13.8 Å². The molecule has 1 aromatic heterocycles. The summed E-state index contributed by atoms with van der Waals surface area (Å²) in [6.45, 7) is 9.88. The Morgan fingerprint density at radius 2 is 1.95 bits per heavy atom. The predicted molar refractivity (Wildman–Crippen MR) is 77.6 cm³/mol. The molecule has 0 fully saturated rings. The molecule has 1 N–H and O–H groups in total. The fraction of sp³-hybridized carbons (Fsp3) is 0.667. The lowest BCUT2D eigenvalue weighted by Crippen LogP contribution is -2.37. The van der Waals surface area contributed by atoms with Gasteiger partial charge in [-0.15, -0.1) is 0 Å². The molecule has 0 saturated heterocycles. The number of ether oxygens (including phenoxy) is 2. The number of pyridine rings is 1. The Labute approximate surface area is 116 Å². The van der Waals surface area contributed by atoms with Crippen molar-refractivity contribution in [2.24, 2.45) is 5.92 Å². The van der Waals surface area contributed by atoms with Gasteiger partial charge in [0, 0.05) is 37.0 Å². The molecule has 0 radical (unpaired) electrons. The second kappa shape index (κ2) is 7.46. The maximum Gasteiger partial charge on any atom is 0.128 e. The highest BCUT2D eigenvalue weighted by atomic mass is 16.5. The average molecular weight is 266 g/mol. The van der Waals surface area contributed by atoms with Crippen LogP contribution in [0.4, 0.5) is 0 Å². The van der Waals surface area contributed by atoms with Crippen LogP contribution in [0.5, 0.6) is 5.75 Å². The molecule has 0 amide bonds. The van der Waals surface area contributed by atoms with E-state index >= 15 is 0 Å². The fourth-order valence-corrected chi connectivity index (χ4v) is 2.14. The van der Waals surface area contributed by atoms with Gasteiger partial charge < -0.3 is 14.8 Å². The van der Waals surface area contributed by atoms with Gasteiger partial charge in [-0.3, -0.25) is 4.98 Å². The van der Waals surface area contributed by atoms with Crippen LogP contribution in [-0.2, 0) is 11.3 Å². The largest absolute Gasteiger partial charge is 0.496 e. The average Bonchev–Trinajstić information content (AvgIpc) is 2.36. The van der Waals surface area contributed by atoms with Crippen molar-refractivity contribution in [2.45, 2.75) is 40.3 Å². The second-order valence-electron chi connectivity index (χ2n) is 5.23. The highest BCUT2D eigenvalue weighted by Crippen LogP contribution is 2.23. The normalized spacial score (nSPS) is 12.8. The Hall–Kier alpha value is -1.13. The Morgan fingerprint density at radius 3 is 2.47 bits per heavy atom. The zero-order chi connectivity index (χ0) is 14.4. The molecule has 0 aliphatic heterocycles. The van der Waals surface area contributed by atoms with Gasteiger partial charge in [0.25, 0.3) is 0 Å². The summed E-state index contributed by atoms with van der Waals surface area (Å²) in [4.78, 5) is 4.49. The van der Waals surface area contributed by atoms with E-state index in [0.717, 1.165) is 29.1 Å². The Balaban J connectivity index is 2.77. The van der Waals surface area contributed by atoms with Crippen molar-refractivity contribution in [3.63, 3.8) is 0 Å². The van der Waals surface area contributed by atoms with Gasteiger partial charge in [0.1, 0.15) is 5.75 Å². The molecular weight excluding hydrogens is 240 g/mol. The smallest absolute Gasteiger partial charge is 0.128 e. The van der Waals surface area contributed by atoms with E-state index in [4.69, 9.17) is 9.47 Å². The molecule has 0 bridgehead atoms. The lowest BCUT2D eigenvalue weighted by atomic mass is 10.0. The first kappa shape index (κ1) is 15.9. The third-order valence-electron chi connectivity index (χ3n) is 3.43.